The molecule has 0 bridgehead atoms. The smallest absolute Gasteiger partial charge is 0.335 e. The number of carboxylic acids is 1. The van der Waals surface area contributed by atoms with Crippen LogP contribution in [0.3, 0.4) is 0 Å². The first-order valence-corrected chi connectivity index (χ1v) is 7.02. The zero-order valence-electron chi connectivity index (χ0n) is 11.3. The summed E-state index contributed by atoms with van der Waals surface area (Å²) in [5, 5.41) is 8.93. The monoisotopic (exact) mass is 348 g/mol. The van der Waals surface area contributed by atoms with Crippen LogP contribution >= 0.6 is 15.9 Å². The number of ether oxygens (including phenoxy) is 1. The van der Waals surface area contributed by atoms with Crippen LogP contribution in [-0.4, -0.2) is 16.9 Å². The summed E-state index contributed by atoms with van der Waals surface area (Å²) >= 11 is 3.33. The third-order valence-corrected chi connectivity index (χ3v) is 3.56. The van der Waals surface area contributed by atoms with E-state index in [2.05, 4.69) is 15.9 Å². The van der Waals surface area contributed by atoms with Gasteiger partial charge in [0, 0.05) is 10.0 Å². The van der Waals surface area contributed by atoms with E-state index in [0.29, 0.717) is 15.8 Å². The van der Waals surface area contributed by atoms with Gasteiger partial charge in [0.25, 0.3) is 0 Å². The Morgan fingerprint density at radius 1 is 1.19 bits per heavy atom. The van der Waals surface area contributed by atoms with Crippen LogP contribution in [0.5, 0.6) is 5.75 Å². The minimum absolute atomic E-state index is 0.0254. The first kappa shape index (κ1) is 15.3. The molecular weight excluding hydrogens is 336 g/mol. The first-order valence-electron chi connectivity index (χ1n) is 6.23. The Hall–Kier alpha value is -2.14. The second-order valence-electron chi connectivity index (χ2n) is 4.49. The Kier molecular flexibility index (Phi) is 4.75. The van der Waals surface area contributed by atoms with E-state index in [1.807, 2.05) is 0 Å². The quantitative estimate of drug-likeness (QED) is 0.831. The standard InChI is InChI=1S/C16H13BrO4/c1-10(18)14-6-5-13(8-15(14)17)21-9-11-3-2-4-12(7-11)16(19)20/h2-8H,9H2,1H3,(H,19,20). The number of carboxylic acid groups (broad SMARTS) is 1. The SMILES string of the molecule is CC(=O)c1ccc(OCc2cccc(C(=O)O)c2)cc1Br. The van der Waals surface area contributed by atoms with Crippen LogP contribution in [0.1, 0.15) is 33.2 Å². The molecule has 5 heteroatoms. The van der Waals surface area contributed by atoms with Crippen LogP contribution in [0.25, 0.3) is 0 Å². The van der Waals surface area contributed by atoms with Gasteiger partial charge in [0.1, 0.15) is 12.4 Å². The zero-order chi connectivity index (χ0) is 15.4. The molecule has 2 aromatic carbocycles. The number of carbonyl (C=O) groups is 2. The van der Waals surface area contributed by atoms with E-state index in [1.165, 1.54) is 13.0 Å². The van der Waals surface area contributed by atoms with Gasteiger partial charge in [-0.1, -0.05) is 12.1 Å². The lowest BCUT2D eigenvalue weighted by atomic mass is 10.1. The normalized spacial score (nSPS) is 10.2. The van der Waals surface area contributed by atoms with Crippen molar-refractivity contribution in [2.45, 2.75) is 13.5 Å². The number of hydrogen-bond acceptors (Lipinski definition) is 3. The van der Waals surface area contributed by atoms with Gasteiger partial charge in [0.15, 0.2) is 5.78 Å². The molecule has 0 aliphatic rings. The molecule has 2 rings (SSSR count). The molecule has 0 atom stereocenters. The highest BCUT2D eigenvalue weighted by Gasteiger charge is 2.07. The first-order chi connectivity index (χ1) is 9.97. The van der Waals surface area contributed by atoms with Crippen molar-refractivity contribution >= 4 is 27.7 Å². The molecule has 4 nitrogen and oxygen atoms in total. The molecular formula is C16H13BrO4. The summed E-state index contributed by atoms with van der Waals surface area (Å²) < 4.78 is 6.28. The fourth-order valence-electron chi connectivity index (χ4n) is 1.83. The number of Topliss-reactive ketones (excluding diaryl/α,β-unsaturated/α-hetero) is 1. The molecule has 0 amide bonds. The van der Waals surface area contributed by atoms with E-state index in [9.17, 15) is 9.59 Å². The molecule has 0 saturated heterocycles. The minimum Gasteiger partial charge on any atom is -0.489 e. The van der Waals surface area contributed by atoms with Gasteiger partial charge in [-0.25, -0.2) is 4.79 Å². The zero-order valence-corrected chi connectivity index (χ0v) is 12.9. The maximum Gasteiger partial charge on any atom is 0.335 e. The molecule has 1 N–H and O–H groups in total. The summed E-state index contributed by atoms with van der Waals surface area (Å²) in [6, 6.07) is 11.7. The van der Waals surface area contributed by atoms with Crippen LogP contribution < -0.4 is 4.74 Å². The van der Waals surface area contributed by atoms with Gasteiger partial charge in [-0.15, -0.1) is 0 Å². The van der Waals surface area contributed by atoms with E-state index in [4.69, 9.17) is 9.84 Å². The van der Waals surface area contributed by atoms with Crippen LogP contribution in [-0.2, 0) is 6.61 Å². The van der Waals surface area contributed by atoms with Crippen molar-refractivity contribution in [3.8, 4) is 5.75 Å². The summed E-state index contributed by atoms with van der Waals surface area (Å²) in [5.74, 6) is -0.388. The van der Waals surface area contributed by atoms with Crippen molar-refractivity contribution in [1.82, 2.24) is 0 Å². The third-order valence-electron chi connectivity index (χ3n) is 2.90. The molecule has 0 saturated carbocycles. The van der Waals surface area contributed by atoms with Crippen molar-refractivity contribution in [3.05, 3.63) is 63.6 Å². The molecule has 2 aromatic rings. The number of hydrogen-bond donors (Lipinski definition) is 1. The molecule has 0 aromatic heterocycles. The summed E-state index contributed by atoms with van der Waals surface area (Å²) in [6.07, 6.45) is 0. The van der Waals surface area contributed by atoms with E-state index in [1.54, 1.807) is 36.4 Å². The maximum absolute atomic E-state index is 11.3. The van der Waals surface area contributed by atoms with Crippen LogP contribution in [0.15, 0.2) is 46.9 Å². The van der Waals surface area contributed by atoms with E-state index in [0.717, 1.165) is 5.56 Å². The number of ketones is 1. The van der Waals surface area contributed by atoms with Gasteiger partial charge in [-0.3, -0.25) is 4.79 Å². The van der Waals surface area contributed by atoms with Crippen molar-refractivity contribution in [2.24, 2.45) is 0 Å². The molecule has 108 valence electrons. The predicted molar refractivity (Wildman–Crippen MR) is 81.9 cm³/mol. The average Bonchev–Trinajstić information content (AvgIpc) is 2.45. The lowest BCUT2D eigenvalue weighted by Crippen LogP contribution is -2.01. The lowest BCUT2D eigenvalue weighted by Gasteiger charge is -2.08. The van der Waals surface area contributed by atoms with Gasteiger partial charge in [0.05, 0.1) is 5.56 Å². The highest BCUT2D eigenvalue weighted by atomic mass is 79.9. The fraction of sp³-hybridized carbons (Fsp3) is 0.125. The molecule has 0 aliphatic carbocycles. The number of halogens is 1. The number of aromatic carboxylic acids is 1. The Morgan fingerprint density at radius 2 is 1.95 bits per heavy atom. The van der Waals surface area contributed by atoms with E-state index < -0.39 is 5.97 Å². The van der Waals surface area contributed by atoms with Crippen molar-refractivity contribution in [1.29, 1.82) is 0 Å². The highest BCUT2D eigenvalue weighted by molar-refractivity contribution is 9.10. The van der Waals surface area contributed by atoms with Gasteiger partial charge in [-0.05, 0) is 58.7 Å². The fourth-order valence-corrected chi connectivity index (χ4v) is 2.47. The summed E-state index contributed by atoms with van der Waals surface area (Å²) in [7, 11) is 0. The highest BCUT2D eigenvalue weighted by Crippen LogP contribution is 2.24. The van der Waals surface area contributed by atoms with E-state index in [-0.39, 0.29) is 18.0 Å². The molecule has 0 fully saturated rings. The Bertz CT molecular complexity index is 694. The largest absolute Gasteiger partial charge is 0.489 e. The van der Waals surface area contributed by atoms with Crippen LogP contribution in [0, 0.1) is 0 Å². The molecule has 21 heavy (non-hydrogen) atoms. The van der Waals surface area contributed by atoms with Gasteiger partial charge >= 0.3 is 5.97 Å². The van der Waals surface area contributed by atoms with Gasteiger partial charge in [-0.2, -0.15) is 0 Å². The minimum atomic E-state index is -0.967. The summed E-state index contributed by atoms with van der Waals surface area (Å²) in [4.78, 5) is 22.2. The molecule has 0 aliphatic heterocycles. The van der Waals surface area contributed by atoms with Crippen molar-refractivity contribution in [2.75, 3.05) is 0 Å². The maximum atomic E-state index is 11.3. The summed E-state index contributed by atoms with van der Waals surface area (Å²) in [5.41, 5.74) is 1.58. The lowest BCUT2D eigenvalue weighted by molar-refractivity contribution is 0.0696. The topological polar surface area (TPSA) is 63.6 Å². The molecule has 0 heterocycles. The number of carbonyl (C=O) groups excluding carboxylic acids is 1. The van der Waals surface area contributed by atoms with Gasteiger partial charge < -0.3 is 9.84 Å². The predicted octanol–water partition coefficient (Wildman–Crippen LogP) is 3.93. The van der Waals surface area contributed by atoms with Crippen LogP contribution in [0.4, 0.5) is 0 Å². The second-order valence-corrected chi connectivity index (χ2v) is 5.35. The molecule has 0 spiro atoms. The molecule has 0 radical (unpaired) electrons. The number of rotatable bonds is 5. The second kappa shape index (κ2) is 6.54. The Balaban J connectivity index is 2.10. The van der Waals surface area contributed by atoms with Crippen LogP contribution in [0.2, 0.25) is 0 Å². The third kappa shape index (κ3) is 3.92. The van der Waals surface area contributed by atoms with Crippen molar-refractivity contribution < 1.29 is 19.4 Å². The average molecular weight is 349 g/mol. The van der Waals surface area contributed by atoms with E-state index >= 15 is 0 Å². The van der Waals surface area contributed by atoms with Gasteiger partial charge in [0.2, 0.25) is 0 Å². The Labute approximate surface area is 130 Å². The number of benzene rings is 2. The molecule has 0 unspecified atom stereocenters. The van der Waals surface area contributed by atoms with Crippen molar-refractivity contribution in [3.63, 3.8) is 0 Å². The Morgan fingerprint density at radius 3 is 2.57 bits per heavy atom. The summed E-state index contributed by atoms with van der Waals surface area (Å²) in [6.45, 7) is 1.75.